The van der Waals surface area contributed by atoms with Crippen LogP contribution in [-0.2, 0) is 16.1 Å². The van der Waals surface area contributed by atoms with Crippen molar-refractivity contribution in [3.63, 3.8) is 0 Å². The van der Waals surface area contributed by atoms with Crippen LogP contribution in [0.5, 0.6) is 5.75 Å². The van der Waals surface area contributed by atoms with Crippen LogP contribution in [0.4, 0.5) is 5.69 Å². The Bertz CT molecular complexity index is 2070. The number of carbonyl (C=O) groups excluding carboxylic acids is 3. The lowest BCUT2D eigenvalue weighted by Crippen LogP contribution is -2.51. The fourth-order valence-corrected chi connectivity index (χ4v) is 6.39. The molecule has 3 heterocycles. The van der Waals surface area contributed by atoms with Crippen molar-refractivity contribution < 1.29 is 23.5 Å². The van der Waals surface area contributed by atoms with Crippen LogP contribution in [0.15, 0.2) is 100 Å². The Morgan fingerprint density at radius 2 is 1.60 bits per heavy atom. The van der Waals surface area contributed by atoms with Gasteiger partial charge in [0.2, 0.25) is 11.8 Å². The third-order valence-electron chi connectivity index (χ3n) is 9.04. The molecule has 10 heteroatoms. The van der Waals surface area contributed by atoms with Gasteiger partial charge in [0.25, 0.3) is 5.91 Å². The standard InChI is InChI=1S/C29H32N4O6.C11H10/c1-2-38-21-9-10-25-22(16-21)24(34)17-26(39-25)29(37)30-18-28(36)32-14-12-31(13-15-32)23-7-4-3-6-20(23)19-33-11-5-8-27(33)35;1-9-6-7-10-4-2-3-5-11(10)8-9/h3-4,6-7,9-10,16-17H,2,5,8,11-15,18-19H2,1H3,(H,30,37);2-8H,1H3. The molecule has 3 amide bonds. The number of rotatable bonds is 8. The first-order valence-corrected chi connectivity index (χ1v) is 17.1. The summed E-state index contributed by atoms with van der Waals surface area (Å²) in [6.45, 7) is 7.94. The summed E-state index contributed by atoms with van der Waals surface area (Å²) < 4.78 is 11.0. The van der Waals surface area contributed by atoms with Gasteiger partial charge in [0, 0.05) is 57.4 Å². The summed E-state index contributed by atoms with van der Waals surface area (Å²) in [5, 5.41) is 5.54. The number of ether oxygens (including phenoxy) is 1. The number of likely N-dealkylation sites (tertiary alicyclic amines) is 1. The molecule has 1 N–H and O–H groups in total. The van der Waals surface area contributed by atoms with Crippen LogP contribution < -0.4 is 20.4 Å². The molecule has 2 aliphatic heterocycles. The summed E-state index contributed by atoms with van der Waals surface area (Å²) in [6.07, 6.45) is 1.52. The second-order valence-electron chi connectivity index (χ2n) is 12.5. The maximum absolute atomic E-state index is 12.8. The summed E-state index contributed by atoms with van der Waals surface area (Å²) in [5.74, 6) is -0.239. The number of nitrogens with zero attached hydrogens (tertiary/aromatic N) is 3. The molecule has 2 saturated heterocycles. The van der Waals surface area contributed by atoms with E-state index in [1.165, 1.54) is 16.3 Å². The van der Waals surface area contributed by atoms with Gasteiger partial charge < -0.3 is 29.2 Å². The molecule has 0 aliphatic carbocycles. The van der Waals surface area contributed by atoms with Crippen molar-refractivity contribution in [3.05, 3.63) is 118 Å². The fraction of sp³-hybridized carbons (Fsp3) is 0.300. The molecule has 0 atom stereocenters. The van der Waals surface area contributed by atoms with Gasteiger partial charge in [-0.2, -0.15) is 0 Å². The largest absolute Gasteiger partial charge is 0.494 e. The van der Waals surface area contributed by atoms with E-state index in [1.54, 1.807) is 23.1 Å². The molecule has 2 aliphatic rings. The fourth-order valence-electron chi connectivity index (χ4n) is 6.39. The van der Waals surface area contributed by atoms with Gasteiger partial charge in [0.15, 0.2) is 11.2 Å². The molecule has 2 fully saturated rings. The highest BCUT2D eigenvalue weighted by Gasteiger charge is 2.25. The molecule has 7 rings (SSSR count). The van der Waals surface area contributed by atoms with E-state index in [2.05, 4.69) is 71.7 Å². The lowest BCUT2D eigenvalue weighted by molar-refractivity contribution is -0.130. The van der Waals surface area contributed by atoms with Crippen LogP contribution >= 0.6 is 0 Å². The van der Waals surface area contributed by atoms with Gasteiger partial charge >= 0.3 is 0 Å². The van der Waals surface area contributed by atoms with Crippen LogP contribution in [0.25, 0.3) is 21.7 Å². The number of fused-ring (bicyclic) bond motifs is 2. The van der Waals surface area contributed by atoms with Gasteiger partial charge in [-0.05, 0) is 60.9 Å². The van der Waals surface area contributed by atoms with Crippen molar-refractivity contribution in [2.24, 2.45) is 0 Å². The highest BCUT2D eigenvalue weighted by molar-refractivity contribution is 5.95. The molecule has 0 unspecified atom stereocenters. The van der Waals surface area contributed by atoms with Crippen molar-refractivity contribution in [2.75, 3.05) is 50.8 Å². The van der Waals surface area contributed by atoms with E-state index >= 15 is 0 Å². The maximum atomic E-state index is 12.8. The Hall–Kier alpha value is -5.64. The van der Waals surface area contributed by atoms with Crippen molar-refractivity contribution in [2.45, 2.75) is 33.2 Å². The van der Waals surface area contributed by atoms with Crippen LogP contribution in [0.3, 0.4) is 0 Å². The van der Waals surface area contributed by atoms with Crippen LogP contribution in [0.1, 0.15) is 41.4 Å². The highest BCUT2D eigenvalue weighted by Crippen LogP contribution is 2.25. The number of piperazine rings is 1. The second kappa shape index (κ2) is 15.7. The minimum atomic E-state index is -0.625. The monoisotopic (exact) mass is 674 g/mol. The average molecular weight is 675 g/mol. The molecule has 258 valence electrons. The average Bonchev–Trinajstić information content (AvgIpc) is 3.54. The molecule has 0 spiro atoms. The van der Waals surface area contributed by atoms with Gasteiger partial charge in [-0.3, -0.25) is 19.2 Å². The van der Waals surface area contributed by atoms with E-state index in [4.69, 9.17) is 9.15 Å². The van der Waals surface area contributed by atoms with Gasteiger partial charge in [-0.25, -0.2) is 0 Å². The number of anilines is 1. The van der Waals surface area contributed by atoms with Crippen LogP contribution in [-0.4, -0.2) is 73.4 Å². The van der Waals surface area contributed by atoms with Gasteiger partial charge in [0.05, 0.1) is 18.5 Å². The number of carbonyl (C=O) groups is 3. The number of hydrogen-bond acceptors (Lipinski definition) is 7. The Labute approximate surface area is 291 Å². The van der Waals surface area contributed by atoms with Gasteiger partial charge in [-0.1, -0.05) is 66.2 Å². The first kappa shape index (κ1) is 34.2. The van der Waals surface area contributed by atoms with Crippen molar-refractivity contribution in [1.82, 2.24) is 15.1 Å². The zero-order valence-corrected chi connectivity index (χ0v) is 28.5. The van der Waals surface area contributed by atoms with Crippen LogP contribution in [0, 0.1) is 6.92 Å². The predicted molar refractivity (Wildman–Crippen MR) is 195 cm³/mol. The molecular weight excluding hydrogens is 632 g/mol. The van der Waals surface area contributed by atoms with E-state index < -0.39 is 5.91 Å². The number of aryl methyl sites for hydroxylation is 1. The summed E-state index contributed by atoms with van der Waals surface area (Å²) >= 11 is 0. The van der Waals surface area contributed by atoms with Gasteiger partial charge in [-0.15, -0.1) is 0 Å². The molecule has 0 saturated carbocycles. The quantitative estimate of drug-likeness (QED) is 0.230. The van der Waals surface area contributed by atoms with E-state index in [-0.39, 0.29) is 35.1 Å². The normalized spacial score (nSPS) is 14.4. The lowest BCUT2D eigenvalue weighted by atomic mass is 10.1. The summed E-state index contributed by atoms with van der Waals surface area (Å²) in [6, 6.07) is 29.0. The Kier molecular flexibility index (Phi) is 10.8. The van der Waals surface area contributed by atoms with Crippen molar-refractivity contribution in [3.8, 4) is 5.75 Å². The lowest BCUT2D eigenvalue weighted by Gasteiger charge is -2.37. The van der Waals surface area contributed by atoms with Crippen LogP contribution in [0.2, 0.25) is 0 Å². The SMILES string of the molecule is CCOc1ccc2oc(C(=O)NCC(=O)N3CCN(c4ccccc4CN4CCCC4=O)CC3)cc(=O)c2c1.Cc1ccc2ccccc2c1. The zero-order chi connectivity index (χ0) is 35.0. The summed E-state index contributed by atoms with van der Waals surface area (Å²) in [5.41, 5.74) is 3.42. The molecule has 5 aromatic rings. The number of hydrogen-bond donors (Lipinski definition) is 1. The minimum Gasteiger partial charge on any atom is -0.494 e. The zero-order valence-electron chi connectivity index (χ0n) is 28.5. The summed E-state index contributed by atoms with van der Waals surface area (Å²) in [4.78, 5) is 56.0. The number of nitrogens with one attached hydrogen (secondary N) is 1. The molecule has 10 nitrogen and oxygen atoms in total. The Morgan fingerprint density at radius 1 is 0.840 bits per heavy atom. The van der Waals surface area contributed by atoms with E-state index in [1.807, 2.05) is 24.0 Å². The predicted octanol–water partition coefficient (Wildman–Crippen LogP) is 5.54. The van der Waals surface area contributed by atoms with Crippen molar-refractivity contribution in [1.29, 1.82) is 0 Å². The Balaban J connectivity index is 0.000000331. The molecule has 0 bridgehead atoms. The second-order valence-corrected chi connectivity index (χ2v) is 12.5. The minimum absolute atomic E-state index is 0.151. The van der Waals surface area contributed by atoms with Crippen molar-refractivity contribution >= 4 is 45.2 Å². The smallest absolute Gasteiger partial charge is 0.287 e. The number of para-hydroxylation sites is 1. The van der Waals surface area contributed by atoms with E-state index in [0.717, 1.165) is 30.3 Å². The van der Waals surface area contributed by atoms with E-state index in [0.29, 0.717) is 56.9 Å². The van der Waals surface area contributed by atoms with E-state index in [9.17, 15) is 19.2 Å². The molecule has 4 aromatic carbocycles. The molecule has 50 heavy (non-hydrogen) atoms. The first-order valence-electron chi connectivity index (χ1n) is 17.1. The third-order valence-corrected chi connectivity index (χ3v) is 9.04. The first-order chi connectivity index (χ1) is 24.3. The molecule has 0 radical (unpaired) electrons. The molecular formula is C40H42N4O6. The third kappa shape index (κ3) is 8.14. The molecule has 1 aromatic heterocycles. The Morgan fingerprint density at radius 3 is 2.36 bits per heavy atom. The number of benzene rings is 4. The van der Waals surface area contributed by atoms with Gasteiger partial charge in [0.1, 0.15) is 11.3 Å². The maximum Gasteiger partial charge on any atom is 0.287 e. The highest BCUT2D eigenvalue weighted by atomic mass is 16.5. The number of amides is 3. The summed E-state index contributed by atoms with van der Waals surface area (Å²) in [7, 11) is 0. The topological polar surface area (TPSA) is 112 Å².